The van der Waals surface area contributed by atoms with Crippen molar-refractivity contribution < 1.29 is 14.6 Å². The van der Waals surface area contributed by atoms with Crippen LogP contribution in [0.5, 0.6) is 0 Å². The number of rotatable bonds is 2. The van der Waals surface area contributed by atoms with Crippen LogP contribution in [0, 0.1) is 0 Å². The summed E-state index contributed by atoms with van der Waals surface area (Å²) in [5.41, 5.74) is -0.507. The number of amides is 1. The lowest BCUT2D eigenvalue weighted by Crippen LogP contribution is -2.35. The molecule has 1 amide bonds. The molecule has 20 heavy (non-hydrogen) atoms. The van der Waals surface area contributed by atoms with Gasteiger partial charge < -0.3 is 14.7 Å². The Morgan fingerprint density at radius 3 is 2.55 bits per heavy atom. The zero-order valence-corrected chi connectivity index (χ0v) is 12.9. The molecule has 2 rings (SSSR count). The number of thioether (sulfide) groups is 1. The molecule has 110 valence electrons. The predicted octanol–water partition coefficient (Wildman–Crippen LogP) is 2.76. The molecule has 2 atom stereocenters. The highest BCUT2D eigenvalue weighted by molar-refractivity contribution is 8.00. The number of hydrogen-bond acceptors (Lipinski definition) is 4. The van der Waals surface area contributed by atoms with Gasteiger partial charge in [0.15, 0.2) is 0 Å². The van der Waals surface area contributed by atoms with Crippen LogP contribution in [-0.4, -0.2) is 46.1 Å². The fourth-order valence-corrected chi connectivity index (χ4v) is 3.18. The third-order valence-electron chi connectivity index (χ3n) is 2.92. The van der Waals surface area contributed by atoms with Gasteiger partial charge in [-0.25, -0.2) is 4.79 Å². The molecule has 0 aromatic heterocycles. The summed E-state index contributed by atoms with van der Waals surface area (Å²) in [6, 6.07) is 9.91. The topological polar surface area (TPSA) is 49.8 Å². The monoisotopic (exact) mass is 295 g/mol. The Hall–Kier alpha value is -1.20. The van der Waals surface area contributed by atoms with Gasteiger partial charge in [-0.15, -0.1) is 11.8 Å². The maximum Gasteiger partial charge on any atom is 0.410 e. The summed E-state index contributed by atoms with van der Waals surface area (Å²) in [6.45, 7) is 6.36. The molecule has 1 aliphatic heterocycles. The number of aliphatic hydroxyl groups is 1. The van der Waals surface area contributed by atoms with Gasteiger partial charge in [-0.1, -0.05) is 18.2 Å². The van der Waals surface area contributed by atoms with Crippen molar-refractivity contribution in [2.45, 2.75) is 42.6 Å². The quantitative estimate of drug-likeness (QED) is 0.911. The molecule has 4 nitrogen and oxygen atoms in total. The Labute approximate surface area is 124 Å². The molecule has 1 saturated heterocycles. The number of aliphatic hydroxyl groups excluding tert-OH is 1. The van der Waals surface area contributed by atoms with Crippen molar-refractivity contribution in [1.29, 1.82) is 0 Å². The summed E-state index contributed by atoms with van der Waals surface area (Å²) < 4.78 is 5.34. The fourth-order valence-electron chi connectivity index (χ4n) is 2.02. The van der Waals surface area contributed by atoms with Gasteiger partial charge in [-0.2, -0.15) is 0 Å². The molecule has 1 aromatic rings. The average Bonchev–Trinajstić information content (AvgIpc) is 2.70. The molecule has 0 aliphatic carbocycles. The minimum Gasteiger partial charge on any atom is -0.444 e. The maximum atomic E-state index is 12.0. The molecule has 1 aliphatic rings. The number of carbonyl (C=O) groups excluding carboxylic acids is 1. The third kappa shape index (κ3) is 4.15. The first-order chi connectivity index (χ1) is 9.35. The van der Waals surface area contributed by atoms with Crippen LogP contribution < -0.4 is 0 Å². The van der Waals surface area contributed by atoms with Crippen molar-refractivity contribution in [2.24, 2.45) is 0 Å². The van der Waals surface area contributed by atoms with E-state index in [1.54, 1.807) is 16.7 Å². The lowest BCUT2D eigenvalue weighted by molar-refractivity contribution is 0.0270. The van der Waals surface area contributed by atoms with Crippen molar-refractivity contribution in [3.63, 3.8) is 0 Å². The zero-order chi connectivity index (χ0) is 14.8. The van der Waals surface area contributed by atoms with Crippen LogP contribution in [0.4, 0.5) is 4.79 Å². The first-order valence-electron chi connectivity index (χ1n) is 6.73. The van der Waals surface area contributed by atoms with Crippen molar-refractivity contribution in [1.82, 2.24) is 4.90 Å². The molecular weight excluding hydrogens is 274 g/mol. The average molecular weight is 295 g/mol. The molecular formula is C15H21NO3S. The van der Waals surface area contributed by atoms with Crippen LogP contribution >= 0.6 is 11.8 Å². The minimum absolute atomic E-state index is 0.00933. The number of hydrogen-bond donors (Lipinski definition) is 1. The highest BCUT2D eigenvalue weighted by Crippen LogP contribution is 2.30. The molecule has 0 bridgehead atoms. The number of likely N-dealkylation sites (tertiary alicyclic amines) is 1. The van der Waals surface area contributed by atoms with E-state index in [1.165, 1.54) is 0 Å². The molecule has 0 spiro atoms. The third-order valence-corrected chi connectivity index (χ3v) is 4.23. The highest BCUT2D eigenvalue weighted by Gasteiger charge is 2.36. The van der Waals surface area contributed by atoms with Gasteiger partial charge in [0.25, 0.3) is 0 Å². The van der Waals surface area contributed by atoms with Gasteiger partial charge in [0, 0.05) is 11.4 Å². The second-order valence-corrected chi connectivity index (χ2v) is 7.23. The van der Waals surface area contributed by atoms with Crippen LogP contribution in [0.1, 0.15) is 20.8 Å². The van der Waals surface area contributed by atoms with E-state index in [9.17, 15) is 9.90 Å². The Morgan fingerprint density at radius 1 is 1.30 bits per heavy atom. The molecule has 2 unspecified atom stereocenters. The zero-order valence-electron chi connectivity index (χ0n) is 12.1. The Balaban J connectivity index is 1.94. The fraction of sp³-hybridized carbons (Fsp3) is 0.533. The second kappa shape index (κ2) is 6.06. The minimum atomic E-state index is -0.521. The summed E-state index contributed by atoms with van der Waals surface area (Å²) in [7, 11) is 0. The Kier molecular flexibility index (Phi) is 4.60. The van der Waals surface area contributed by atoms with E-state index in [2.05, 4.69) is 0 Å². The van der Waals surface area contributed by atoms with E-state index in [4.69, 9.17) is 4.74 Å². The summed E-state index contributed by atoms with van der Waals surface area (Å²) in [5.74, 6) is 0. The Bertz CT molecular complexity index is 458. The van der Waals surface area contributed by atoms with E-state index in [0.29, 0.717) is 13.1 Å². The molecule has 1 N–H and O–H groups in total. The van der Waals surface area contributed by atoms with Gasteiger partial charge in [-0.05, 0) is 32.9 Å². The Morgan fingerprint density at radius 2 is 1.95 bits per heavy atom. The number of nitrogens with zero attached hydrogens (tertiary/aromatic N) is 1. The maximum absolute atomic E-state index is 12.0. The predicted molar refractivity (Wildman–Crippen MR) is 79.9 cm³/mol. The molecule has 1 fully saturated rings. The van der Waals surface area contributed by atoms with E-state index in [0.717, 1.165) is 4.90 Å². The largest absolute Gasteiger partial charge is 0.444 e. The van der Waals surface area contributed by atoms with Crippen LogP contribution in [0.2, 0.25) is 0 Å². The number of ether oxygens (including phenoxy) is 1. The lowest BCUT2D eigenvalue weighted by Gasteiger charge is -2.24. The van der Waals surface area contributed by atoms with Gasteiger partial charge >= 0.3 is 6.09 Å². The summed E-state index contributed by atoms with van der Waals surface area (Å²) in [6.07, 6.45) is -0.875. The number of β-amino-alcohol motifs (C(OH)–C–C–N with tert-alkyl or cyclic N) is 1. The smallest absolute Gasteiger partial charge is 0.410 e. The van der Waals surface area contributed by atoms with Crippen LogP contribution in [0.25, 0.3) is 0 Å². The first-order valence-corrected chi connectivity index (χ1v) is 7.61. The van der Waals surface area contributed by atoms with Gasteiger partial charge in [-0.3, -0.25) is 0 Å². The summed E-state index contributed by atoms with van der Waals surface area (Å²) in [4.78, 5) is 14.7. The normalized spacial score (nSPS) is 22.9. The molecule has 0 saturated carbocycles. The molecule has 5 heteroatoms. The van der Waals surface area contributed by atoms with Crippen molar-refractivity contribution >= 4 is 17.9 Å². The van der Waals surface area contributed by atoms with E-state index >= 15 is 0 Å². The molecule has 0 radical (unpaired) electrons. The van der Waals surface area contributed by atoms with Gasteiger partial charge in [0.2, 0.25) is 0 Å². The van der Waals surface area contributed by atoms with Crippen LogP contribution in [0.15, 0.2) is 35.2 Å². The van der Waals surface area contributed by atoms with Gasteiger partial charge in [0.1, 0.15) is 5.60 Å². The summed E-state index contributed by atoms with van der Waals surface area (Å²) in [5, 5.41) is 10.1. The highest BCUT2D eigenvalue weighted by atomic mass is 32.2. The van der Waals surface area contributed by atoms with E-state index < -0.39 is 11.7 Å². The lowest BCUT2D eigenvalue weighted by atomic mass is 10.2. The van der Waals surface area contributed by atoms with Crippen molar-refractivity contribution in [3.8, 4) is 0 Å². The first kappa shape index (κ1) is 15.2. The van der Waals surface area contributed by atoms with Crippen molar-refractivity contribution in [2.75, 3.05) is 13.1 Å². The van der Waals surface area contributed by atoms with Gasteiger partial charge in [0.05, 0.1) is 17.9 Å². The van der Waals surface area contributed by atoms with E-state index in [-0.39, 0.29) is 11.3 Å². The molecule has 1 heterocycles. The van der Waals surface area contributed by atoms with Crippen molar-refractivity contribution in [3.05, 3.63) is 30.3 Å². The van der Waals surface area contributed by atoms with Crippen LogP contribution in [0.3, 0.4) is 0 Å². The van der Waals surface area contributed by atoms with E-state index in [1.807, 2.05) is 51.1 Å². The standard InChI is InChI=1S/C15H21NO3S/c1-15(2,3)19-14(18)16-9-12(17)13(10-16)20-11-7-5-4-6-8-11/h4-8,12-13,17H,9-10H2,1-3H3. The summed E-state index contributed by atoms with van der Waals surface area (Å²) >= 11 is 1.60. The SMILES string of the molecule is CC(C)(C)OC(=O)N1CC(O)C(Sc2ccccc2)C1. The van der Waals surface area contributed by atoms with Crippen LogP contribution in [-0.2, 0) is 4.74 Å². The molecule has 1 aromatic carbocycles. The number of benzene rings is 1. The number of carbonyl (C=O) groups is 1. The second-order valence-electron chi connectivity index (χ2n) is 5.92.